The summed E-state index contributed by atoms with van der Waals surface area (Å²) in [6.45, 7) is 3.78. The summed E-state index contributed by atoms with van der Waals surface area (Å²) in [5, 5.41) is 20.0. The number of carbonyl (C=O) groups is 1. The number of unbranched alkanes of at least 4 members (excludes halogenated alkanes) is 1. The molecule has 7 atom stereocenters. The minimum atomic E-state index is -0.757. The maximum Gasteiger partial charge on any atom is 0.303 e. The molecule has 0 aromatic rings. The molecule has 4 aliphatic rings. The summed E-state index contributed by atoms with van der Waals surface area (Å²) < 4.78 is 24.9. The number of aliphatic carboxylic acids is 1. The Morgan fingerprint density at radius 1 is 1.03 bits per heavy atom. The average molecular weight is 549 g/mol. The second kappa shape index (κ2) is 16.3. The van der Waals surface area contributed by atoms with Gasteiger partial charge >= 0.3 is 5.97 Å². The summed E-state index contributed by atoms with van der Waals surface area (Å²) >= 11 is 0. The van der Waals surface area contributed by atoms with E-state index >= 15 is 0 Å². The highest BCUT2D eigenvalue weighted by Gasteiger charge is 2.43. The average Bonchev–Trinajstić information content (AvgIpc) is 3.20. The van der Waals surface area contributed by atoms with Crippen molar-refractivity contribution in [2.45, 2.75) is 134 Å². The summed E-state index contributed by atoms with van der Waals surface area (Å²) in [4.78, 5) is 10.8. The number of ether oxygens (including phenoxy) is 4. The number of carboxylic acids is 1. The maximum absolute atomic E-state index is 11.1. The zero-order valence-electron chi connectivity index (χ0n) is 24.0. The van der Waals surface area contributed by atoms with Gasteiger partial charge in [0.15, 0.2) is 12.6 Å². The number of aliphatic hydroxyl groups is 1. The Morgan fingerprint density at radius 2 is 1.77 bits per heavy atom. The van der Waals surface area contributed by atoms with Crippen LogP contribution in [0, 0.1) is 23.7 Å². The van der Waals surface area contributed by atoms with E-state index in [0.29, 0.717) is 18.8 Å². The third-order valence-electron chi connectivity index (χ3n) is 9.10. The standard InChI is InChI=1S/C32H52O7/c1-2-11-23-20-24(21-23)28(38-31-14-7-9-18-36-31)17-16-26-25(12-5-3-4-6-13-30(34)35)27(33)22-29(26)39-32-15-8-10-19-37-32/h3,5,16-17,23-29,31-33H,2,4,6-15,18-22H2,1H3,(H,34,35)/t23?,24?,25-,26-,27+,28-,29-,31?,32?/m1/s1. The van der Waals surface area contributed by atoms with E-state index in [9.17, 15) is 9.90 Å². The lowest BCUT2D eigenvalue weighted by molar-refractivity contribution is -0.196. The first-order valence-corrected chi connectivity index (χ1v) is 15.8. The molecule has 2 aliphatic heterocycles. The largest absolute Gasteiger partial charge is 0.481 e. The molecular formula is C32H52O7. The predicted octanol–water partition coefficient (Wildman–Crippen LogP) is 6.39. The Kier molecular flexibility index (Phi) is 12.8. The zero-order chi connectivity index (χ0) is 27.5. The quantitative estimate of drug-likeness (QED) is 0.181. The lowest BCUT2D eigenvalue weighted by Gasteiger charge is -2.41. The van der Waals surface area contributed by atoms with Gasteiger partial charge in [-0.2, -0.15) is 0 Å². The van der Waals surface area contributed by atoms with E-state index in [1.165, 1.54) is 25.7 Å². The number of rotatable bonds is 15. The van der Waals surface area contributed by atoms with Gasteiger partial charge in [-0.3, -0.25) is 4.79 Å². The van der Waals surface area contributed by atoms with Gasteiger partial charge in [-0.05, 0) is 88.4 Å². The highest BCUT2D eigenvalue weighted by atomic mass is 16.7. The molecule has 2 N–H and O–H groups in total. The van der Waals surface area contributed by atoms with Crippen LogP contribution in [0.15, 0.2) is 24.3 Å². The molecule has 2 saturated carbocycles. The molecule has 0 radical (unpaired) electrons. The summed E-state index contributed by atoms with van der Waals surface area (Å²) in [5.74, 6) is 0.681. The maximum atomic E-state index is 11.1. The Hall–Kier alpha value is -1.25. The number of hydrogen-bond acceptors (Lipinski definition) is 6. The lowest BCUT2D eigenvalue weighted by Crippen LogP contribution is -2.38. The summed E-state index contributed by atoms with van der Waals surface area (Å²) in [6, 6.07) is 0. The molecule has 4 rings (SSSR count). The van der Waals surface area contributed by atoms with Crippen molar-refractivity contribution < 1.29 is 34.0 Å². The first kappa shape index (κ1) is 30.7. The van der Waals surface area contributed by atoms with Gasteiger partial charge in [0.2, 0.25) is 0 Å². The second-order valence-electron chi connectivity index (χ2n) is 12.2. The van der Waals surface area contributed by atoms with Crippen LogP contribution in [0.3, 0.4) is 0 Å². The lowest BCUT2D eigenvalue weighted by atomic mass is 9.70. The van der Waals surface area contributed by atoms with E-state index in [1.54, 1.807) is 0 Å². The van der Waals surface area contributed by atoms with E-state index in [2.05, 4.69) is 31.2 Å². The van der Waals surface area contributed by atoms with Gasteiger partial charge in [-0.25, -0.2) is 0 Å². The predicted molar refractivity (Wildman–Crippen MR) is 150 cm³/mol. The monoisotopic (exact) mass is 548 g/mol. The highest BCUT2D eigenvalue weighted by molar-refractivity contribution is 5.66. The fourth-order valence-corrected chi connectivity index (χ4v) is 6.83. The number of hydrogen-bond donors (Lipinski definition) is 2. The minimum Gasteiger partial charge on any atom is -0.481 e. The molecule has 0 aromatic carbocycles. The van der Waals surface area contributed by atoms with Gasteiger partial charge in [0.1, 0.15) is 0 Å². The van der Waals surface area contributed by atoms with Crippen molar-refractivity contribution in [3.05, 3.63) is 24.3 Å². The normalized spacial score (nSPS) is 36.4. The van der Waals surface area contributed by atoms with E-state index in [-0.39, 0.29) is 43.0 Å². The van der Waals surface area contributed by atoms with Gasteiger partial charge in [0.25, 0.3) is 0 Å². The summed E-state index contributed by atoms with van der Waals surface area (Å²) in [6.07, 6.45) is 22.0. The molecule has 0 amide bonds. The number of aliphatic hydroxyl groups excluding tert-OH is 1. The van der Waals surface area contributed by atoms with Crippen LogP contribution in [-0.2, 0) is 23.7 Å². The Labute approximate surface area is 235 Å². The van der Waals surface area contributed by atoms with Gasteiger partial charge in [-0.1, -0.05) is 44.1 Å². The molecule has 39 heavy (non-hydrogen) atoms. The minimum absolute atomic E-state index is 0.0257. The zero-order valence-corrected chi connectivity index (χ0v) is 24.0. The van der Waals surface area contributed by atoms with E-state index < -0.39 is 12.1 Å². The molecule has 7 nitrogen and oxygen atoms in total. The molecule has 222 valence electrons. The van der Waals surface area contributed by atoms with Crippen molar-refractivity contribution >= 4 is 5.97 Å². The Bertz CT molecular complexity index is 764. The first-order valence-electron chi connectivity index (χ1n) is 15.8. The summed E-state index contributed by atoms with van der Waals surface area (Å²) in [5.41, 5.74) is 0. The van der Waals surface area contributed by atoms with Gasteiger partial charge in [0.05, 0.1) is 18.3 Å². The van der Waals surface area contributed by atoms with Crippen molar-refractivity contribution in [2.75, 3.05) is 13.2 Å². The van der Waals surface area contributed by atoms with Crippen LogP contribution in [0.5, 0.6) is 0 Å². The second-order valence-corrected chi connectivity index (χ2v) is 12.2. The van der Waals surface area contributed by atoms with Crippen LogP contribution in [0.4, 0.5) is 0 Å². The fourth-order valence-electron chi connectivity index (χ4n) is 6.83. The highest BCUT2D eigenvalue weighted by Crippen LogP contribution is 2.43. The summed E-state index contributed by atoms with van der Waals surface area (Å²) in [7, 11) is 0. The van der Waals surface area contributed by atoms with Crippen LogP contribution in [0.1, 0.15) is 103 Å². The van der Waals surface area contributed by atoms with Crippen molar-refractivity contribution in [3.8, 4) is 0 Å². The molecule has 2 unspecified atom stereocenters. The molecule has 2 heterocycles. The molecule has 7 heteroatoms. The number of carboxylic acid groups (broad SMARTS) is 1. The topological polar surface area (TPSA) is 94.5 Å². The molecule has 2 saturated heterocycles. The third-order valence-corrected chi connectivity index (χ3v) is 9.10. The van der Waals surface area contributed by atoms with Crippen LogP contribution >= 0.6 is 0 Å². The van der Waals surface area contributed by atoms with Crippen molar-refractivity contribution in [2.24, 2.45) is 23.7 Å². The van der Waals surface area contributed by atoms with Gasteiger partial charge < -0.3 is 29.2 Å². The molecule has 0 spiro atoms. The smallest absolute Gasteiger partial charge is 0.303 e. The molecule has 2 aliphatic carbocycles. The van der Waals surface area contributed by atoms with Crippen LogP contribution in [0.2, 0.25) is 0 Å². The third kappa shape index (κ3) is 9.67. The van der Waals surface area contributed by atoms with Gasteiger partial charge in [0, 0.05) is 32.0 Å². The van der Waals surface area contributed by atoms with Crippen LogP contribution in [-0.4, -0.2) is 60.3 Å². The fraction of sp³-hybridized carbons (Fsp3) is 0.844. The van der Waals surface area contributed by atoms with Crippen molar-refractivity contribution in [1.82, 2.24) is 0 Å². The molecule has 4 fully saturated rings. The van der Waals surface area contributed by atoms with E-state index in [4.69, 9.17) is 24.1 Å². The molecule has 0 bridgehead atoms. The molecular weight excluding hydrogens is 496 g/mol. The van der Waals surface area contributed by atoms with Crippen molar-refractivity contribution in [3.63, 3.8) is 0 Å². The SMILES string of the molecule is CCCC1CC([C@@H](C=C[C@@H]2[C@@H](CC=CCCCC(=O)O)[C@@H](O)C[C@H]2OC2CCCCO2)OC2CCCCO2)C1. The Balaban J connectivity index is 1.43. The van der Waals surface area contributed by atoms with Gasteiger partial charge in [-0.15, -0.1) is 0 Å². The first-order chi connectivity index (χ1) is 19.0. The van der Waals surface area contributed by atoms with Crippen molar-refractivity contribution in [1.29, 1.82) is 0 Å². The molecule has 0 aromatic heterocycles. The Morgan fingerprint density at radius 3 is 2.44 bits per heavy atom. The van der Waals surface area contributed by atoms with E-state index in [1.807, 2.05) is 0 Å². The van der Waals surface area contributed by atoms with Crippen LogP contribution < -0.4 is 0 Å². The van der Waals surface area contributed by atoms with Crippen LogP contribution in [0.25, 0.3) is 0 Å². The number of allylic oxidation sites excluding steroid dienone is 2. The van der Waals surface area contributed by atoms with E-state index in [0.717, 1.165) is 70.5 Å².